The topological polar surface area (TPSA) is 96.2 Å². The molecule has 3 heterocycles. The first-order valence-corrected chi connectivity index (χ1v) is 11.4. The van der Waals surface area contributed by atoms with Crippen LogP contribution in [-0.2, 0) is 20.1 Å². The second-order valence-electron chi connectivity index (χ2n) is 7.90. The molecule has 170 valence electrons. The average molecular weight is 517 g/mol. The molecule has 0 spiro atoms. The number of ether oxygens (including phenoxy) is 1. The number of nitrogen functional groups attached to an aromatic ring is 1. The summed E-state index contributed by atoms with van der Waals surface area (Å²) in [6.45, 7) is 0.274. The van der Waals surface area contributed by atoms with Crippen LogP contribution in [0.15, 0.2) is 86.9 Å². The van der Waals surface area contributed by atoms with Gasteiger partial charge in [0.25, 0.3) is 5.56 Å². The Labute approximate surface area is 204 Å². The lowest BCUT2D eigenvalue weighted by molar-refractivity contribution is 0.306. The van der Waals surface area contributed by atoms with Crippen LogP contribution in [0, 0.1) is 0 Å². The molecule has 5 aromatic rings. The van der Waals surface area contributed by atoms with E-state index in [9.17, 15) is 4.79 Å². The number of hydrogen-bond acceptors (Lipinski definition) is 6. The van der Waals surface area contributed by atoms with Gasteiger partial charge >= 0.3 is 0 Å². The molecule has 0 fully saturated rings. The van der Waals surface area contributed by atoms with Gasteiger partial charge in [-0.15, -0.1) is 0 Å². The van der Waals surface area contributed by atoms with Gasteiger partial charge in [-0.2, -0.15) is 0 Å². The summed E-state index contributed by atoms with van der Waals surface area (Å²) in [5, 5.41) is 0.790. The summed E-state index contributed by atoms with van der Waals surface area (Å²) in [6.07, 6.45) is 5.46. The monoisotopic (exact) mass is 516 g/mol. The summed E-state index contributed by atoms with van der Waals surface area (Å²) in [5.41, 5.74) is 9.81. The quantitative estimate of drug-likeness (QED) is 0.337. The minimum atomic E-state index is -0.0844. The Bertz CT molecular complexity index is 1530. The van der Waals surface area contributed by atoms with Crippen molar-refractivity contribution in [3.05, 3.63) is 105 Å². The van der Waals surface area contributed by atoms with Crippen LogP contribution >= 0.6 is 15.9 Å². The van der Waals surface area contributed by atoms with Gasteiger partial charge in [0, 0.05) is 25.9 Å². The fourth-order valence-corrected chi connectivity index (χ4v) is 4.12. The maximum absolute atomic E-state index is 13.0. The molecule has 0 radical (unpaired) electrons. The SMILES string of the molecule is Cn1c(Cc2ccccc2)ncc(-c2ccc(COc3c(N)ncc4c(Br)coc34)cc2)c1=O. The third-order valence-corrected chi connectivity index (χ3v) is 6.29. The molecular weight excluding hydrogens is 496 g/mol. The summed E-state index contributed by atoms with van der Waals surface area (Å²) in [6, 6.07) is 17.6. The Morgan fingerprint density at radius 2 is 1.79 bits per heavy atom. The molecule has 0 aliphatic carbocycles. The summed E-state index contributed by atoms with van der Waals surface area (Å²) in [5.74, 6) is 1.38. The van der Waals surface area contributed by atoms with Gasteiger partial charge < -0.3 is 14.9 Å². The van der Waals surface area contributed by atoms with Crippen molar-refractivity contribution in [3.8, 4) is 16.9 Å². The molecule has 3 aromatic heterocycles. The van der Waals surface area contributed by atoms with Gasteiger partial charge in [0.15, 0.2) is 11.4 Å². The molecule has 7 nitrogen and oxygen atoms in total. The Morgan fingerprint density at radius 3 is 2.56 bits per heavy atom. The zero-order chi connectivity index (χ0) is 23.7. The molecule has 8 heteroatoms. The summed E-state index contributed by atoms with van der Waals surface area (Å²) in [7, 11) is 1.76. The molecule has 0 unspecified atom stereocenters. The Morgan fingerprint density at radius 1 is 1.03 bits per heavy atom. The van der Waals surface area contributed by atoms with Crippen molar-refractivity contribution in [2.45, 2.75) is 13.0 Å². The largest absolute Gasteiger partial charge is 0.482 e. The highest BCUT2D eigenvalue weighted by molar-refractivity contribution is 9.10. The molecule has 0 amide bonds. The van der Waals surface area contributed by atoms with E-state index in [2.05, 4.69) is 25.9 Å². The van der Waals surface area contributed by atoms with Crippen molar-refractivity contribution in [1.29, 1.82) is 0 Å². The molecule has 0 bridgehead atoms. The maximum Gasteiger partial charge on any atom is 0.261 e. The van der Waals surface area contributed by atoms with Crippen LogP contribution in [0.25, 0.3) is 22.1 Å². The van der Waals surface area contributed by atoms with E-state index in [1.54, 1.807) is 30.3 Å². The average Bonchev–Trinajstić information content (AvgIpc) is 3.23. The molecule has 0 saturated heterocycles. The van der Waals surface area contributed by atoms with Gasteiger partial charge in [0.05, 0.1) is 15.4 Å². The van der Waals surface area contributed by atoms with Crippen LogP contribution in [0.4, 0.5) is 5.82 Å². The van der Waals surface area contributed by atoms with Gasteiger partial charge in [-0.25, -0.2) is 9.97 Å². The van der Waals surface area contributed by atoms with Crippen LogP contribution in [0.5, 0.6) is 5.75 Å². The highest BCUT2D eigenvalue weighted by Gasteiger charge is 2.15. The zero-order valence-electron chi connectivity index (χ0n) is 18.4. The number of fused-ring (bicyclic) bond motifs is 1. The Hall–Kier alpha value is -3.91. The van der Waals surface area contributed by atoms with E-state index in [-0.39, 0.29) is 18.0 Å². The number of rotatable bonds is 6. The molecule has 2 N–H and O–H groups in total. The van der Waals surface area contributed by atoms with Gasteiger partial charge in [0.2, 0.25) is 5.75 Å². The molecule has 2 aromatic carbocycles. The number of benzene rings is 2. The second kappa shape index (κ2) is 9.15. The number of nitrogens with zero attached hydrogens (tertiary/aromatic N) is 3. The first-order chi connectivity index (χ1) is 16.5. The fraction of sp³-hybridized carbons (Fsp3) is 0.115. The normalized spacial score (nSPS) is 11.1. The summed E-state index contributed by atoms with van der Waals surface area (Å²) < 4.78 is 13.9. The predicted molar refractivity (Wildman–Crippen MR) is 135 cm³/mol. The minimum Gasteiger partial charge on any atom is -0.482 e. The number of pyridine rings is 1. The first kappa shape index (κ1) is 21.9. The molecule has 0 aliphatic heterocycles. The second-order valence-corrected chi connectivity index (χ2v) is 8.75. The summed E-state index contributed by atoms with van der Waals surface area (Å²) in [4.78, 5) is 21.7. The van der Waals surface area contributed by atoms with Crippen molar-refractivity contribution in [2.24, 2.45) is 7.05 Å². The van der Waals surface area contributed by atoms with Gasteiger partial charge in [-0.05, 0) is 32.6 Å². The van der Waals surface area contributed by atoms with Gasteiger partial charge in [0.1, 0.15) is 18.7 Å². The third-order valence-electron chi connectivity index (χ3n) is 5.67. The molecule has 0 saturated carbocycles. The molecule has 34 heavy (non-hydrogen) atoms. The third kappa shape index (κ3) is 4.20. The Balaban J connectivity index is 1.34. The Kier molecular flexibility index (Phi) is 5.90. The van der Waals surface area contributed by atoms with Crippen LogP contribution in [0.1, 0.15) is 17.0 Å². The van der Waals surface area contributed by atoms with Crippen LogP contribution in [0.3, 0.4) is 0 Å². The number of furan rings is 1. The van der Waals surface area contributed by atoms with Crippen LogP contribution in [0.2, 0.25) is 0 Å². The number of halogens is 1. The maximum atomic E-state index is 13.0. The van der Waals surface area contributed by atoms with E-state index in [1.807, 2.05) is 54.6 Å². The molecule has 5 rings (SSSR count). The first-order valence-electron chi connectivity index (χ1n) is 10.6. The van der Waals surface area contributed by atoms with Crippen LogP contribution in [-0.4, -0.2) is 14.5 Å². The van der Waals surface area contributed by atoms with Crippen molar-refractivity contribution in [1.82, 2.24) is 14.5 Å². The zero-order valence-corrected chi connectivity index (χ0v) is 20.0. The van der Waals surface area contributed by atoms with Gasteiger partial charge in [-0.3, -0.25) is 9.36 Å². The van der Waals surface area contributed by atoms with E-state index in [0.29, 0.717) is 23.3 Å². The number of hydrogen-bond donors (Lipinski definition) is 1. The van der Waals surface area contributed by atoms with Crippen LogP contribution < -0.4 is 16.0 Å². The smallest absolute Gasteiger partial charge is 0.261 e. The minimum absolute atomic E-state index is 0.0844. The number of nitrogens with two attached hydrogens (primary N) is 1. The number of anilines is 1. The van der Waals surface area contributed by atoms with E-state index in [1.165, 1.54) is 0 Å². The van der Waals surface area contributed by atoms with E-state index < -0.39 is 0 Å². The highest BCUT2D eigenvalue weighted by Crippen LogP contribution is 2.35. The van der Waals surface area contributed by atoms with Crippen molar-refractivity contribution < 1.29 is 9.15 Å². The lowest BCUT2D eigenvalue weighted by atomic mass is 10.1. The van der Waals surface area contributed by atoms with Gasteiger partial charge in [-0.1, -0.05) is 54.6 Å². The lowest BCUT2D eigenvalue weighted by Gasteiger charge is -2.11. The molecule has 0 atom stereocenters. The van der Waals surface area contributed by atoms with Crippen molar-refractivity contribution >= 4 is 32.7 Å². The lowest BCUT2D eigenvalue weighted by Crippen LogP contribution is -2.23. The molecule has 0 aliphatic rings. The highest BCUT2D eigenvalue weighted by atomic mass is 79.9. The van der Waals surface area contributed by atoms with E-state index in [0.717, 1.165) is 32.4 Å². The van der Waals surface area contributed by atoms with E-state index in [4.69, 9.17) is 14.9 Å². The van der Waals surface area contributed by atoms with Crippen molar-refractivity contribution in [3.63, 3.8) is 0 Å². The predicted octanol–water partition coefficient (Wildman–Crippen LogP) is 5.10. The molecular formula is C26H21BrN4O3. The van der Waals surface area contributed by atoms with Crippen molar-refractivity contribution in [2.75, 3.05) is 5.73 Å². The standard InChI is InChI=1S/C26H21BrN4O3/c1-31-22(11-16-5-3-2-4-6-16)29-12-19(26(31)32)18-9-7-17(8-10-18)14-33-24-23-20(13-30-25(24)28)21(27)15-34-23/h2-10,12-13,15H,11,14H2,1H3,(H2,28,30). The number of aromatic nitrogens is 3. The van der Waals surface area contributed by atoms with E-state index >= 15 is 0 Å². The fourth-order valence-electron chi connectivity index (χ4n) is 3.75. The summed E-state index contributed by atoms with van der Waals surface area (Å²) >= 11 is 3.42.